The van der Waals surface area contributed by atoms with E-state index in [2.05, 4.69) is 51.6 Å². The fourth-order valence-corrected chi connectivity index (χ4v) is 3.52. The van der Waals surface area contributed by atoms with Gasteiger partial charge in [-0.25, -0.2) is 0 Å². The predicted octanol–water partition coefficient (Wildman–Crippen LogP) is 2.60. The second-order valence-corrected chi connectivity index (χ2v) is 6.03. The number of methoxy groups -OCH3 is 1. The number of rotatable bonds is 4. The zero-order valence-corrected chi connectivity index (χ0v) is 13.3. The smallest absolute Gasteiger partial charge is 0.118 e. The minimum atomic E-state index is 0.280. The van der Waals surface area contributed by atoms with Crippen molar-refractivity contribution in [2.24, 2.45) is 4.99 Å². The van der Waals surface area contributed by atoms with Crippen LogP contribution in [0.4, 0.5) is 0 Å². The number of amidine groups is 1. The molecule has 4 rings (SSSR count). The maximum atomic E-state index is 5.29. The first-order valence-electron chi connectivity index (χ1n) is 8.08. The molecule has 23 heavy (non-hydrogen) atoms. The maximum absolute atomic E-state index is 5.29. The molecule has 0 fully saturated rings. The van der Waals surface area contributed by atoms with Crippen molar-refractivity contribution in [3.05, 3.63) is 65.2 Å². The molecule has 0 aromatic heterocycles. The SMILES string of the molecule is COc1ccc(C2c3ccccc3CN2CC2=NCCN2)cc1. The van der Waals surface area contributed by atoms with E-state index >= 15 is 0 Å². The molecule has 4 nitrogen and oxygen atoms in total. The lowest BCUT2D eigenvalue weighted by Gasteiger charge is -2.25. The molecule has 0 saturated heterocycles. The summed E-state index contributed by atoms with van der Waals surface area (Å²) in [7, 11) is 1.70. The first-order chi connectivity index (χ1) is 11.3. The highest BCUT2D eigenvalue weighted by Crippen LogP contribution is 2.38. The van der Waals surface area contributed by atoms with Crippen LogP contribution in [0.15, 0.2) is 53.5 Å². The minimum absolute atomic E-state index is 0.280. The standard InChI is InChI=1S/C19H21N3O/c1-23-16-8-6-14(7-9-16)19-17-5-3-2-4-15(17)12-22(19)13-18-20-10-11-21-18/h2-9,19H,10-13H2,1H3,(H,20,21). The van der Waals surface area contributed by atoms with Crippen molar-refractivity contribution in [1.29, 1.82) is 0 Å². The normalized spacial score (nSPS) is 20.0. The van der Waals surface area contributed by atoms with Crippen molar-refractivity contribution < 1.29 is 4.74 Å². The molecule has 4 heteroatoms. The number of benzene rings is 2. The molecular weight excluding hydrogens is 286 g/mol. The van der Waals surface area contributed by atoms with E-state index in [1.807, 2.05) is 12.1 Å². The summed E-state index contributed by atoms with van der Waals surface area (Å²) in [4.78, 5) is 7.05. The molecule has 2 heterocycles. The monoisotopic (exact) mass is 307 g/mol. The Morgan fingerprint density at radius 2 is 2.00 bits per heavy atom. The van der Waals surface area contributed by atoms with E-state index in [1.54, 1.807) is 7.11 Å². The van der Waals surface area contributed by atoms with Crippen molar-refractivity contribution >= 4 is 5.84 Å². The summed E-state index contributed by atoms with van der Waals surface area (Å²) in [5, 5.41) is 3.39. The number of hydrogen-bond acceptors (Lipinski definition) is 4. The number of aliphatic imine (C=N–C) groups is 1. The number of fused-ring (bicyclic) bond motifs is 1. The zero-order valence-electron chi connectivity index (χ0n) is 13.3. The third kappa shape index (κ3) is 2.70. The summed E-state index contributed by atoms with van der Waals surface area (Å²) in [5.74, 6) is 2.00. The summed E-state index contributed by atoms with van der Waals surface area (Å²) < 4.78 is 5.29. The van der Waals surface area contributed by atoms with E-state index < -0.39 is 0 Å². The van der Waals surface area contributed by atoms with Crippen LogP contribution in [-0.2, 0) is 6.54 Å². The average molecular weight is 307 g/mol. The van der Waals surface area contributed by atoms with Gasteiger partial charge in [-0.2, -0.15) is 0 Å². The van der Waals surface area contributed by atoms with Crippen molar-refractivity contribution in [3.8, 4) is 5.75 Å². The molecule has 1 unspecified atom stereocenters. The van der Waals surface area contributed by atoms with Crippen LogP contribution in [0.1, 0.15) is 22.7 Å². The molecular formula is C19H21N3O. The van der Waals surface area contributed by atoms with Crippen LogP contribution >= 0.6 is 0 Å². The third-order valence-corrected chi connectivity index (χ3v) is 4.62. The van der Waals surface area contributed by atoms with Crippen molar-refractivity contribution in [3.63, 3.8) is 0 Å². The Bertz CT molecular complexity index is 724. The summed E-state index contributed by atoms with van der Waals surface area (Å²) in [6, 6.07) is 17.4. The summed E-state index contributed by atoms with van der Waals surface area (Å²) >= 11 is 0. The highest BCUT2D eigenvalue weighted by Gasteiger charge is 2.32. The molecule has 0 saturated carbocycles. The lowest BCUT2D eigenvalue weighted by atomic mass is 9.98. The molecule has 2 aliphatic heterocycles. The second-order valence-electron chi connectivity index (χ2n) is 6.03. The molecule has 2 aromatic rings. The van der Waals surface area contributed by atoms with Crippen LogP contribution in [0, 0.1) is 0 Å². The van der Waals surface area contributed by atoms with Gasteiger partial charge in [-0.1, -0.05) is 36.4 Å². The van der Waals surface area contributed by atoms with Crippen molar-refractivity contribution in [2.75, 3.05) is 26.7 Å². The van der Waals surface area contributed by atoms with Gasteiger partial charge in [0.2, 0.25) is 0 Å². The van der Waals surface area contributed by atoms with Gasteiger partial charge in [0, 0.05) is 13.1 Å². The molecule has 2 aromatic carbocycles. The van der Waals surface area contributed by atoms with E-state index in [0.717, 1.165) is 37.8 Å². The first-order valence-corrected chi connectivity index (χ1v) is 8.08. The van der Waals surface area contributed by atoms with Crippen molar-refractivity contribution in [1.82, 2.24) is 10.2 Å². The van der Waals surface area contributed by atoms with Crippen molar-refractivity contribution in [2.45, 2.75) is 12.6 Å². The van der Waals surface area contributed by atoms with Gasteiger partial charge in [0.25, 0.3) is 0 Å². The molecule has 0 amide bonds. The Balaban J connectivity index is 1.68. The van der Waals surface area contributed by atoms with Crippen LogP contribution < -0.4 is 10.1 Å². The fourth-order valence-electron chi connectivity index (χ4n) is 3.52. The zero-order chi connectivity index (χ0) is 15.6. The Kier molecular flexibility index (Phi) is 3.75. The highest BCUT2D eigenvalue weighted by atomic mass is 16.5. The lowest BCUT2D eigenvalue weighted by molar-refractivity contribution is 0.279. The van der Waals surface area contributed by atoms with Gasteiger partial charge in [0.15, 0.2) is 0 Å². The van der Waals surface area contributed by atoms with E-state index in [4.69, 9.17) is 4.74 Å². The molecule has 0 bridgehead atoms. The maximum Gasteiger partial charge on any atom is 0.118 e. The highest BCUT2D eigenvalue weighted by molar-refractivity contribution is 5.85. The molecule has 0 aliphatic carbocycles. The number of nitrogens with zero attached hydrogens (tertiary/aromatic N) is 2. The minimum Gasteiger partial charge on any atom is -0.497 e. The average Bonchev–Trinajstić information content (AvgIpc) is 3.22. The summed E-state index contributed by atoms with van der Waals surface area (Å²) in [6.45, 7) is 3.69. The Morgan fingerprint density at radius 1 is 1.17 bits per heavy atom. The Morgan fingerprint density at radius 3 is 2.74 bits per heavy atom. The van der Waals surface area contributed by atoms with Gasteiger partial charge < -0.3 is 10.1 Å². The van der Waals surface area contributed by atoms with Gasteiger partial charge in [-0.15, -0.1) is 0 Å². The molecule has 1 atom stereocenters. The van der Waals surface area contributed by atoms with Crippen LogP contribution in [0.2, 0.25) is 0 Å². The Labute approximate surface area is 136 Å². The van der Waals surface area contributed by atoms with Gasteiger partial charge in [0.05, 0.1) is 26.2 Å². The third-order valence-electron chi connectivity index (χ3n) is 4.62. The Hall–Kier alpha value is -2.33. The second kappa shape index (κ2) is 6.05. The van der Waals surface area contributed by atoms with E-state index in [9.17, 15) is 0 Å². The molecule has 2 aliphatic rings. The van der Waals surface area contributed by atoms with E-state index in [1.165, 1.54) is 16.7 Å². The topological polar surface area (TPSA) is 36.9 Å². The van der Waals surface area contributed by atoms with Crippen LogP contribution in [0.3, 0.4) is 0 Å². The number of nitrogens with one attached hydrogen (secondary N) is 1. The number of hydrogen-bond donors (Lipinski definition) is 1. The quantitative estimate of drug-likeness (QED) is 0.943. The van der Waals surface area contributed by atoms with E-state index in [-0.39, 0.29) is 6.04 Å². The summed E-state index contributed by atoms with van der Waals surface area (Å²) in [5.41, 5.74) is 4.11. The van der Waals surface area contributed by atoms with Crippen LogP contribution in [0.25, 0.3) is 0 Å². The molecule has 1 N–H and O–H groups in total. The van der Waals surface area contributed by atoms with Gasteiger partial charge in [0.1, 0.15) is 11.6 Å². The molecule has 0 spiro atoms. The lowest BCUT2D eigenvalue weighted by Crippen LogP contribution is -2.34. The van der Waals surface area contributed by atoms with Gasteiger partial charge >= 0.3 is 0 Å². The first kappa shape index (κ1) is 14.3. The molecule has 0 radical (unpaired) electrons. The van der Waals surface area contributed by atoms with Gasteiger partial charge in [-0.3, -0.25) is 9.89 Å². The fraction of sp³-hybridized carbons (Fsp3) is 0.316. The van der Waals surface area contributed by atoms with Crippen LogP contribution in [0.5, 0.6) is 5.75 Å². The van der Waals surface area contributed by atoms with Crippen LogP contribution in [-0.4, -0.2) is 37.5 Å². The molecule has 118 valence electrons. The largest absolute Gasteiger partial charge is 0.497 e. The number of ether oxygens (including phenoxy) is 1. The predicted molar refractivity (Wildman–Crippen MR) is 92.0 cm³/mol. The summed E-state index contributed by atoms with van der Waals surface area (Å²) in [6.07, 6.45) is 0. The van der Waals surface area contributed by atoms with E-state index in [0.29, 0.717) is 0 Å². The van der Waals surface area contributed by atoms with Gasteiger partial charge in [-0.05, 0) is 28.8 Å².